The van der Waals surface area contributed by atoms with Crippen LogP contribution < -0.4 is 10.2 Å². The van der Waals surface area contributed by atoms with E-state index in [1.807, 2.05) is 37.3 Å². The van der Waals surface area contributed by atoms with Gasteiger partial charge in [0.2, 0.25) is 5.76 Å². The molecular formula is C25H28N2O4. The number of hydrogen-bond donors (Lipinski definition) is 0. The molecule has 1 amide bonds. The number of ether oxygens (including phenoxy) is 1. The van der Waals surface area contributed by atoms with Gasteiger partial charge in [-0.3, -0.25) is 9.59 Å². The maximum absolute atomic E-state index is 13.5. The topological polar surface area (TPSA) is 63.0 Å². The molecule has 0 unspecified atom stereocenters. The van der Waals surface area contributed by atoms with E-state index in [0.717, 1.165) is 30.9 Å². The molecule has 6 heteroatoms. The maximum Gasteiger partial charge on any atom is 0.290 e. The Hall–Kier alpha value is -3.12. The van der Waals surface area contributed by atoms with E-state index in [2.05, 4.69) is 18.7 Å². The van der Waals surface area contributed by atoms with Gasteiger partial charge in [-0.05, 0) is 49.8 Å². The first-order chi connectivity index (χ1) is 15.1. The minimum absolute atomic E-state index is 0.148. The Morgan fingerprint density at radius 3 is 2.55 bits per heavy atom. The average molecular weight is 421 g/mol. The molecule has 0 saturated heterocycles. The number of rotatable bonds is 8. The summed E-state index contributed by atoms with van der Waals surface area (Å²) in [5.74, 6) is 0.627. The highest BCUT2D eigenvalue weighted by atomic mass is 16.5. The van der Waals surface area contributed by atoms with Gasteiger partial charge in [-0.25, -0.2) is 0 Å². The van der Waals surface area contributed by atoms with Crippen LogP contribution >= 0.6 is 0 Å². The number of carbonyl (C=O) groups is 1. The third-order valence-corrected chi connectivity index (χ3v) is 5.91. The van der Waals surface area contributed by atoms with E-state index < -0.39 is 6.04 Å². The average Bonchev–Trinajstić information content (AvgIpc) is 3.07. The third kappa shape index (κ3) is 3.83. The standard InChI is InChI=1S/C25H28N2O4/c1-4-26(5-2)14-15-27-22(17-10-9-11-18(16-17)30-6-3)21-23(28)19-12-7-8-13-20(19)31-24(21)25(27)29/h7-13,16,22H,4-6,14-15H2,1-3H3/t22-/m0/s1. The Labute approximate surface area is 182 Å². The molecule has 31 heavy (non-hydrogen) atoms. The van der Waals surface area contributed by atoms with Gasteiger partial charge in [-0.1, -0.05) is 38.1 Å². The van der Waals surface area contributed by atoms with Crippen LogP contribution in [0.5, 0.6) is 5.75 Å². The van der Waals surface area contributed by atoms with Crippen LogP contribution in [-0.2, 0) is 0 Å². The predicted octanol–water partition coefficient (Wildman–Crippen LogP) is 4.08. The molecule has 2 aromatic carbocycles. The van der Waals surface area contributed by atoms with Crippen molar-refractivity contribution in [2.24, 2.45) is 0 Å². The van der Waals surface area contributed by atoms with Crippen LogP contribution in [-0.4, -0.2) is 48.5 Å². The van der Waals surface area contributed by atoms with E-state index in [4.69, 9.17) is 9.15 Å². The van der Waals surface area contributed by atoms with Crippen LogP contribution in [0.15, 0.2) is 57.7 Å². The molecule has 0 aliphatic carbocycles. The second kappa shape index (κ2) is 8.94. The summed E-state index contributed by atoms with van der Waals surface area (Å²) in [4.78, 5) is 30.9. The Balaban J connectivity index is 1.85. The highest BCUT2D eigenvalue weighted by molar-refractivity contribution is 5.99. The van der Waals surface area contributed by atoms with Crippen molar-refractivity contribution >= 4 is 16.9 Å². The quantitative estimate of drug-likeness (QED) is 0.550. The largest absolute Gasteiger partial charge is 0.494 e. The molecule has 1 atom stereocenters. The van der Waals surface area contributed by atoms with Gasteiger partial charge >= 0.3 is 0 Å². The summed E-state index contributed by atoms with van der Waals surface area (Å²) in [6.45, 7) is 9.70. The van der Waals surface area contributed by atoms with Crippen molar-refractivity contribution in [3.63, 3.8) is 0 Å². The second-order valence-electron chi connectivity index (χ2n) is 7.60. The molecule has 1 aromatic heterocycles. The number of benzene rings is 2. The van der Waals surface area contributed by atoms with Crippen LogP contribution in [0.2, 0.25) is 0 Å². The first-order valence-corrected chi connectivity index (χ1v) is 10.9. The molecule has 3 aromatic rings. The molecule has 1 aliphatic heterocycles. The smallest absolute Gasteiger partial charge is 0.290 e. The molecule has 0 spiro atoms. The first-order valence-electron chi connectivity index (χ1n) is 10.9. The van der Waals surface area contributed by atoms with Crippen molar-refractivity contribution in [1.82, 2.24) is 9.80 Å². The summed E-state index contributed by atoms with van der Waals surface area (Å²) < 4.78 is 11.7. The van der Waals surface area contributed by atoms with Gasteiger partial charge in [0.15, 0.2) is 5.43 Å². The minimum atomic E-state index is -0.501. The lowest BCUT2D eigenvalue weighted by molar-refractivity contribution is 0.0708. The molecule has 0 N–H and O–H groups in total. The third-order valence-electron chi connectivity index (χ3n) is 5.91. The molecule has 4 rings (SSSR count). The van der Waals surface area contributed by atoms with Gasteiger partial charge in [-0.15, -0.1) is 0 Å². The Morgan fingerprint density at radius 2 is 1.81 bits per heavy atom. The van der Waals surface area contributed by atoms with Crippen molar-refractivity contribution < 1.29 is 13.9 Å². The Bertz CT molecular complexity index is 1150. The van der Waals surface area contributed by atoms with Gasteiger partial charge in [0.1, 0.15) is 11.3 Å². The van der Waals surface area contributed by atoms with Crippen LogP contribution in [0.1, 0.15) is 48.5 Å². The number of hydrogen-bond acceptors (Lipinski definition) is 5. The Morgan fingerprint density at radius 1 is 1.03 bits per heavy atom. The van der Waals surface area contributed by atoms with E-state index in [-0.39, 0.29) is 17.1 Å². The molecule has 1 aliphatic rings. The van der Waals surface area contributed by atoms with Crippen LogP contribution in [0.4, 0.5) is 0 Å². The van der Waals surface area contributed by atoms with Gasteiger partial charge in [0.25, 0.3) is 5.91 Å². The van der Waals surface area contributed by atoms with Crippen molar-refractivity contribution in [2.75, 3.05) is 32.8 Å². The van der Waals surface area contributed by atoms with E-state index in [1.165, 1.54) is 0 Å². The van der Waals surface area contributed by atoms with Crippen molar-refractivity contribution in [2.45, 2.75) is 26.8 Å². The highest BCUT2D eigenvalue weighted by Crippen LogP contribution is 2.38. The fraction of sp³-hybridized carbons (Fsp3) is 0.360. The molecule has 0 bridgehead atoms. The molecule has 6 nitrogen and oxygen atoms in total. The highest BCUT2D eigenvalue weighted by Gasteiger charge is 2.42. The normalized spacial score (nSPS) is 15.7. The van der Waals surface area contributed by atoms with Crippen LogP contribution in [0, 0.1) is 0 Å². The summed E-state index contributed by atoms with van der Waals surface area (Å²) in [6, 6.07) is 14.2. The van der Waals surface area contributed by atoms with Gasteiger partial charge in [0.05, 0.1) is 23.6 Å². The summed E-state index contributed by atoms with van der Waals surface area (Å²) in [5, 5.41) is 0.491. The summed E-state index contributed by atoms with van der Waals surface area (Å²) in [5.41, 5.74) is 1.55. The minimum Gasteiger partial charge on any atom is -0.494 e. The zero-order valence-corrected chi connectivity index (χ0v) is 18.3. The van der Waals surface area contributed by atoms with E-state index >= 15 is 0 Å². The predicted molar refractivity (Wildman–Crippen MR) is 121 cm³/mol. The van der Waals surface area contributed by atoms with E-state index in [9.17, 15) is 9.59 Å². The molecule has 0 radical (unpaired) electrons. The summed E-state index contributed by atoms with van der Waals surface area (Å²) >= 11 is 0. The van der Waals surface area contributed by atoms with Crippen molar-refractivity contribution in [3.8, 4) is 5.75 Å². The van der Waals surface area contributed by atoms with Crippen molar-refractivity contribution in [1.29, 1.82) is 0 Å². The lowest BCUT2D eigenvalue weighted by Gasteiger charge is -2.28. The van der Waals surface area contributed by atoms with E-state index in [0.29, 0.717) is 29.7 Å². The maximum atomic E-state index is 13.5. The lowest BCUT2D eigenvalue weighted by Crippen LogP contribution is -2.37. The van der Waals surface area contributed by atoms with Crippen molar-refractivity contribution in [3.05, 3.63) is 75.6 Å². The second-order valence-corrected chi connectivity index (χ2v) is 7.60. The lowest BCUT2D eigenvalue weighted by atomic mass is 9.98. The number of amides is 1. The number of likely N-dealkylation sites (N-methyl/N-ethyl adjacent to an activating group) is 1. The molecule has 162 valence electrons. The zero-order valence-electron chi connectivity index (χ0n) is 18.3. The number of nitrogens with zero attached hydrogens (tertiary/aromatic N) is 2. The Kier molecular flexibility index (Phi) is 6.09. The number of carbonyl (C=O) groups excluding carboxylic acids is 1. The first kappa shape index (κ1) is 21.1. The number of para-hydroxylation sites is 1. The summed E-state index contributed by atoms with van der Waals surface area (Å²) in [7, 11) is 0. The van der Waals surface area contributed by atoms with Gasteiger partial charge in [-0.2, -0.15) is 0 Å². The van der Waals surface area contributed by atoms with Crippen LogP contribution in [0.25, 0.3) is 11.0 Å². The van der Waals surface area contributed by atoms with Crippen LogP contribution in [0.3, 0.4) is 0 Å². The SMILES string of the molecule is CCOc1cccc([C@H]2c3c(oc4ccccc4c3=O)C(=O)N2CCN(CC)CC)c1. The monoisotopic (exact) mass is 420 g/mol. The molecule has 2 heterocycles. The van der Waals surface area contributed by atoms with Gasteiger partial charge in [0, 0.05) is 13.1 Å². The number of fused-ring (bicyclic) bond motifs is 2. The summed E-state index contributed by atoms with van der Waals surface area (Å²) in [6.07, 6.45) is 0. The van der Waals surface area contributed by atoms with Gasteiger partial charge < -0.3 is 19.0 Å². The fourth-order valence-electron chi connectivity index (χ4n) is 4.27. The molecular weight excluding hydrogens is 392 g/mol. The zero-order chi connectivity index (χ0) is 22.0. The fourth-order valence-corrected chi connectivity index (χ4v) is 4.27. The van der Waals surface area contributed by atoms with E-state index in [1.54, 1.807) is 23.1 Å². The molecule has 0 saturated carbocycles. The molecule has 0 fully saturated rings.